The molecular formula is C16H19ClN3O3+. The van der Waals surface area contributed by atoms with Crippen LogP contribution < -0.4 is 21.2 Å². The first-order valence-corrected chi connectivity index (χ1v) is 7.45. The molecule has 0 saturated heterocycles. The number of pyridine rings is 1. The molecule has 2 aromatic rings. The topological polar surface area (TPSA) is 98.8 Å². The molecule has 0 bridgehead atoms. The summed E-state index contributed by atoms with van der Waals surface area (Å²) in [5.74, 6) is 0.182. The Morgan fingerprint density at radius 2 is 2.13 bits per heavy atom. The van der Waals surface area contributed by atoms with Gasteiger partial charge < -0.3 is 20.8 Å². The van der Waals surface area contributed by atoms with E-state index < -0.39 is 0 Å². The highest BCUT2D eigenvalue weighted by Gasteiger charge is 2.13. The van der Waals surface area contributed by atoms with Gasteiger partial charge in [0.05, 0.1) is 18.7 Å². The number of carbonyl (C=O) groups excluding carboxylic acids is 1. The Morgan fingerprint density at radius 3 is 2.74 bits per heavy atom. The minimum atomic E-state index is -0.275. The minimum Gasteiger partial charge on any atom is -0.495 e. The highest BCUT2D eigenvalue weighted by Crippen LogP contribution is 2.30. The van der Waals surface area contributed by atoms with Crippen molar-refractivity contribution in [3.05, 3.63) is 45.2 Å². The molecule has 0 aliphatic carbocycles. The lowest BCUT2D eigenvalue weighted by Crippen LogP contribution is -2.47. The van der Waals surface area contributed by atoms with E-state index in [2.05, 4.69) is 16.0 Å². The molecule has 0 aliphatic rings. The monoisotopic (exact) mass is 336 g/mol. The maximum absolute atomic E-state index is 12.2. The Bertz CT molecular complexity index is 840. The number of hydrogen-bond donors (Lipinski definition) is 3. The number of rotatable bonds is 4. The van der Waals surface area contributed by atoms with Gasteiger partial charge in [0.25, 0.3) is 0 Å². The molecular weight excluding hydrogens is 318 g/mol. The van der Waals surface area contributed by atoms with Crippen LogP contribution in [0.15, 0.2) is 29.1 Å². The number of methoxy groups -OCH3 is 1. The number of H-pyrrole nitrogens is 1. The summed E-state index contributed by atoms with van der Waals surface area (Å²) >= 11 is 6.25. The molecule has 122 valence electrons. The van der Waals surface area contributed by atoms with E-state index in [0.717, 1.165) is 0 Å². The standard InChI is InChI=1S/C16H18ClN3O3/c1-8(2)19-14(22)6-10(18)11-7-12(21)9-4-5-13(23-3)15(17)16(9)20-11/h4-8H,18H2,1-3H3,(H,19,22)(H,20,21)/p+1/b10-6-. The van der Waals surface area contributed by atoms with Crippen LogP contribution in [0.3, 0.4) is 0 Å². The average Bonchev–Trinajstić information content (AvgIpc) is 2.47. The van der Waals surface area contributed by atoms with Gasteiger partial charge in [-0.25, -0.2) is 0 Å². The quantitative estimate of drug-likeness (QED) is 0.734. The number of aromatic nitrogens is 1. The molecule has 0 spiro atoms. The van der Waals surface area contributed by atoms with Gasteiger partial charge in [-0.3, -0.25) is 9.59 Å². The van der Waals surface area contributed by atoms with Gasteiger partial charge in [-0.05, 0) is 26.0 Å². The highest BCUT2D eigenvalue weighted by atomic mass is 35.5. The summed E-state index contributed by atoms with van der Waals surface area (Å²) in [5.41, 5.74) is 4.89. The third kappa shape index (κ3) is 3.72. The lowest BCUT2D eigenvalue weighted by atomic mass is 10.1. The molecule has 7 heteroatoms. The van der Waals surface area contributed by atoms with Crippen LogP contribution in [-0.2, 0) is 4.79 Å². The number of aromatic amines is 1. The second-order valence-corrected chi connectivity index (χ2v) is 5.76. The highest BCUT2D eigenvalue weighted by molar-refractivity contribution is 6.36. The first kappa shape index (κ1) is 17.1. The Kier molecular flexibility index (Phi) is 5.08. The molecule has 23 heavy (non-hydrogen) atoms. The van der Waals surface area contributed by atoms with Crippen molar-refractivity contribution >= 4 is 34.1 Å². The van der Waals surface area contributed by atoms with Crippen molar-refractivity contribution in [1.29, 1.82) is 0 Å². The van der Waals surface area contributed by atoms with Gasteiger partial charge in [-0.1, -0.05) is 11.6 Å². The van der Waals surface area contributed by atoms with Crippen LogP contribution in [0.4, 0.5) is 0 Å². The third-order valence-corrected chi connectivity index (χ3v) is 3.58. The van der Waals surface area contributed by atoms with Gasteiger partial charge in [-0.15, -0.1) is 0 Å². The van der Waals surface area contributed by atoms with E-state index in [1.807, 2.05) is 13.8 Å². The van der Waals surface area contributed by atoms with Crippen molar-refractivity contribution in [2.75, 3.05) is 7.11 Å². The van der Waals surface area contributed by atoms with Crippen LogP contribution in [0.1, 0.15) is 19.5 Å². The van der Waals surface area contributed by atoms with E-state index in [-0.39, 0.29) is 17.4 Å². The average molecular weight is 337 g/mol. The zero-order valence-electron chi connectivity index (χ0n) is 13.2. The Hall–Kier alpha value is -2.31. The van der Waals surface area contributed by atoms with Crippen LogP contribution in [0.5, 0.6) is 5.75 Å². The van der Waals surface area contributed by atoms with Crippen molar-refractivity contribution in [2.24, 2.45) is 0 Å². The fourth-order valence-corrected chi connectivity index (χ4v) is 2.45. The van der Waals surface area contributed by atoms with E-state index in [0.29, 0.717) is 33.1 Å². The van der Waals surface area contributed by atoms with Gasteiger partial charge in [0, 0.05) is 17.5 Å². The summed E-state index contributed by atoms with van der Waals surface area (Å²) in [4.78, 5) is 27.1. The number of ether oxygens (including phenoxy) is 1. The summed E-state index contributed by atoms with van der Waals surface area (Å²) in [6, 6.07) is 4.69. The summed E-state index contributed by atoms with van der Waals surface area (Å²) < 4.78 is 5.15. The summed E-state index contributed by atoms with van der Waals surface area (Å²) in [6.07, 6.45) is 1.34. The number of hydrogen-bond acceptors (Lipinski definition) is 3. The van der Waals surface area contributed by atoms with Crippen molar-refractivity contribution in [1.82, 2.24) is 10.3 Å². The first-order valence-electron chi connectivity index (χ1n) is 7.07. The fourth-order valence-electron chi connectivity index (χ4n) is 2.16. The molecule has 0 atom stereocenters. The smallest absolute Gasteiger partial charge is 0.250 e. The third-order valence-electron chi connectivity index (χ3n) is 3.21. The van der Waals surface area contributed by atoms with Crippen molar-refractivity contribution in [3.8, 4) is 5.75 Å². The molecule has 0 aliphatic heterocycles. The summed E-state index contributed by atoms with van der Waals surface area (Å²) in [6.45, 7) is 3.72. The first-order chi connectivity index (χ1) is 10.8. The van der Waals surface area contributed by atoms with E-state index >= 15 is 0 Å². The van der Waals surface area contributed by atoms with Crippen LogP contribution >= 0.6 is 11.6 Å². The van der Waals surface area contributed by atoms with Gasteiger partial charge >= 0.3 is 0 Å². The lowest BCUT2D eigenvalue weighted by molar-refractivity contribution is -0.244. The predicted molar refractivity (Wildman–Crippen MR) is 90.3 cm³/mol. The molecule has 0 unspecified atom stereocenters. The molecule has 2 rings (SSSR count). The number of quaternary nitrogens is 1. The number of benzene rings is 1. The van der Waals surface area contributed by atoms with Crippen LogP contribution in [0.25, 0.3) is 16.6 Å². The van der Waals surface area contributed by atoms with E-state index in [4.69, 9.17) is 16.3 Å². The lowest BCUT2D eigenvalue weighted by Gasteiger charge is -2.08. The van der Waals surface area contributed by atoms with Gasteiger partial charge in [0.15, 0.2) is 11.1 Å². The van der Waals surface area contributed by atoms with Gasteiger partial charge in [-0.2, -0.15) is 0 Å². The molecule has 0 radical (unpaired) electrons. The van der Waals surface area contributed by atoms with E-state index in [1.165, 1.54) is 19.3 Å². The molecule has 6 nitrogen and oxygen atoms in total. The number of nitrogens with one attached hydrogen (secondary N) is 2. The zero-order valence-corrected chi connectivity index (χ0v) is 14.0. The SMILES string of the molecule is COc1ccc2c(=O)cc(/C([NH3+])=C/C(=O)NC(C)C)[nH]c2c1Cl. The van der Waals surface area contributed by atoms with Crippen LogP contribution in [-0.4, -0.2) is 24.0 Å². The summed E-state index contributed by atoms with van der Waals surface area (Å²) in [7, 11) is 1.50. The van der Waals surface area contributed by atoms with Crippen molar-refractivity contribution in [3.63, 3.8) is 0 Å². The number of halogens is 1. The molecule has 1 amide bonds. The normalized spacial score (nSPS) is 11.8. The van der Waals surface area contributed by atoms with E-state index in [9.17, 15) is 9.59 Å². The molecule has 1 heterocycles. The largest absolute Gasteiger partial charge is 0.495 e. The maximum atomic E-state index is 12.2. The summed E-state index contributed by atoms with van der Waals surface area (Å²) in [5, 5.41) is 3.48. The second-order valence-electron chi connectivity index (χ2n) is 5.38. The fraction of sp³-hybridized carbons (Fsp3) is 0.250. The Morgan fingerprint density at radius 1 is 1.43 bits per heavy atom. The molecule has 5 N–H and O–H groups in total. The molecule has 0 fully saturated rings. The molecule has 1 aromatic carbocycles. The Balaban J connectivity index is 2.54. The molecule has 1 aromatic heterocycles. The van der Waals surface area contributed by atoms with Gasteiger partial charge in [0.1, 0.15) is 16.5 Å². The minimum absolute atomic E-state index is 0.0147. The predicted octanol–water partition coefficient (Wildman–Crippen LogP) is 1.30. The number of fused-ring (bicyclic) bond motifs is 1. The zero-order chi connectivity index (χ0) is 17.1. The number of carbonyl (C=O) groups is 1. The maximum Gasteiger partial charge on any atom is 0.250 e. The van der Waals surface area contributed by atoms with Crippen LogP contribution in [0.2, 0.25) is 5.02 Å². The Labute approximate surface area is 138 Å². The van der Waals surface area contributed by atoms with E-state index in [1.54, 1.807) is 12.1 Å². The second kappa shape index (κ2) is 6.85. The van der Waals surface area contributed by atoms with Crippen LogP contribution in [0, 0.1) is 0 Å². The van der Waals surface area contributed by atoms with Crippen molar-refractivity contribution < 1.29 is 15.3 Å². The molecule has 0 saturated carbocycles. The number of amides is 1. The van der Waals surface area contributed by atoms with Crippen molar-refractivity contribution in [2.45, 2.75) is 19.9 Å². The van der Waals surface area contributed by atoms with Gasteiger partial charge in [0.2, 0.25) is 5.91 Å².